The second-order valence-corrected chi connectivity index (χ2v) is 9.78. The molecule has 2 aromatic heterocycles. The molecule has 1 aliphatic heterocycles. The monoisotopic (exact) mass is 502 g/mol. The van der Waals surface area contributed by atoms with Crippen LogP contribution in [-0.4, -0.2) is 31.5 Å². The Hall–Kier alpha value is -3.40. The van der Waals surface area contributed by atoms with Gasteiger partial charge in [-0.2, -0.15) is 21.6 Å². The molecular formula is C25H25F3N4O2S. The molecule has 3 heterocycles. The van der Waals surface area contributed by atoms with Crippen molar-refractivity contribution >= 4 is 27.7 Å². The largest absolute Gasteiger partial charge is 0.418 e. The summed E-state index contributed by atoms with van der Waals surface area (Å²) in [4.78, 5) is 10.5. The van der Waals surface area contributed by atoms with Crippen LogP contribution in [0.5, 0.6) is 0 Å². The van der Waals surface area contributed by atoms with Crippen LogP contribution < -0.4 is 9.62 Å². The van der Waals surface area contributed by atoms with Gasteiger partial charge in [0.05, 0.1) is 11.3 Å². The Kier molecular flexibility index (Phi) is 7.11. The van der Waals surface area contributed by atoms with E-state index < -0.39 is 21.8 Å². The number of allylic oxidation sites excluding steroid dienone is 1. The molecule has 1 N–H and O–H groups in total. The van der Waals surface area contributed by atoms with E-state index in [1.165, 1.54) is 6.07 Å². The molecule has 35 heavy (non-hydrogen) atoms. The van der Waals surface area contributed by atoms with Gasteiger partial charge < -0.3 is 4.90 Å². The number of nitrogens with one attached hydrogen (secondary N) is 1. The number of aromatic nitrogens is 2. The summed E-state index contributed by atoms with van der Waals surface area (Å²) in [6, 6.07) is 13.2. The van der Waals surface area contributed by atoms with E-state index in [1.807, 2.05) is 17.9 Å². The van der Waals surface area contributed by atoms with Crippen LogP contribution in [0.25, 0.3) is 17.3 Å². The molecule has 0 atom stereocenters. The summed E-state index contributed by atoms with van der Waals surface area (Å²) in [5, 5.41) is -0.230. The number of sulfonamides is 1. The number of anilines is 2. The smallest absolute Gasteiger partial charge is 0.357 e. The molecule has 0 saturated heterocycles. The van der Waals surface area contributed by atoms with Crippen molar-refractivity contribution in [2.24, 2.45) is 0 Å². The van der Waals surface area contributed by atoms with E-state index in [1.54, 1.807) is 42.5 Å². The SMILES string of the molecule is CCCN1CCC/C=C/c2ccccc2-c2nc(ccc2C(F)(F)F)NS(=O)(=O)c2cccc1n2. The highest BCUT2D eigenvalue weighted by Crippen LogP contribution is 2.38. The van der Waals surface area contributed by atoms with Gasteiger partial charge in [-0.25, -0.2) is 9.97 Å². The van der Waals surface area contributed by atoms with Gasteiger partial charge in [0.2, 0.25) is 0 Å². The molecule has 10 heteroatoms. The summed E-state index contributed by atoms with van der Waals surface area (Å²) < 4.78 is 70.0. The molecule has 1 aliphatic rings. The van der Waals surface area contributed by atoms with Crippen LogP contribution in [0, 0.1) is 0 Å². The van der Waals surface area contributed by atoms with E-state index in [0.717, 1.165) is 25.0 Å². The minimum Gasteiger partial charge on any atom is -0.357 e. The lowest BCUT2D eigenvalue weighted by molar-refractivity contribution is -0.137. The fourth-order valence-electron chi connectivity index (χ4n) is 3.95. The summed E-state index contributed by atoms with van der Waals surface area (Å²) in [5.41, 5.74) is -0.467. The lowest BCUT2D eigenvalue weighted by atomic mass is 9.99. The lowest BCUT2D eigenvalue weighted by Gasteiger charge is -2.23. The summed E-state index contributed by atoms with van der Waals surface area (Å²) in [6.45, 7) is 3.40. The second-order valence-electron chi connectivity index (χ2n) is 8.15. The van der Waals surface area contributed by atoms with Gasteiger partial charge in [0.1, 0.15) is 11.6 Å². The van der Waals surface area contributed by atoms with Crippen molar-refractivity contribution in [1.29, 1.82) is 0 Å². The predicted molar refractivity (Wildman–Crippen MR) is 130 cm³/mol. The number of hydrogen-bond donors (Lipinski definition) is 1. The fraction of sp³-hybridized carbons (Fsp3) is 0.280. The zero-order chi connectivity index (χ0) is 25.1. The number of rotatable bonds is 2. The Morgan fingerprint density at radius 3 is 2.60 bits per heavy atom. The van der Waals surface area contributed by atoms with Crippen molar-refractivity contribution in [2.45, 2.75) is 37.4 Å². The van der Waals surface area contributed by atoms with Crippen molar-refractivity contribution in [3.8, 4) is 11.3 Å². The van der Waals surface area contributed by atoms with Gasteiger partial charge in [0.25, 0.3) is 10.0 Å². The number of halogens is 3. The van der Waals surface area contributed by atoms with E-state index in [0.29, 0.717) is 30.9 Å². The Morgan fingerprint density at radius 2 is 1.83 bits per heavy atom. The second kappa shape index (κ2) is 10.1. The summed E-state index contributed by atoms with van der Waals surface area (Å²) in [5.74, 6) is 0.300. The Morgan fingerprint density at radius 1 is 1.03 bits per heavy atom. The number of alkyl halides is 3. The first kappa shape index (κ1) is 24.7. The van der Waals surface area contributed by atoms with Crippen molar-refractivity contribution < 1.29 is 21.6 Å². The minimum atomic E-state index is -4.67. The quantitative estimate of drug-likeness (QED) is 0.466. The highest BCUT2D eigenvalue weighted by molar-refractivity contribution is 7.92. The first-order chi connectivity index (χ1) is 16.7. The normalized spacial score (nSPS) is 16.7. The number of hydrogen-bond acceptors (Lipinski definition) is 5. The lowest BCUT2D eigenvalue weighted by Crippen LogP contribution is -2.27. The zero-order valence-corrected chi connectivity index (χ0v) is 19.9. The molecule has 0 unspecified atom stereocenters. The van der Waals surface area contributed by atoms with Crippen molar-refractivity contribution in [3.05, 3.63) is 71.8 Å². The average Bonchev–Trinajstić information content (AvgIpc) is 2.82. The van der Waals surface area contributed by atoms with Crippen LogP contribution in [0.2, 0.25) is 0 Å². The molecule has 0 saturated carbocycles. The average molecular weight is 503 g/mol. The summed E-state index contributed by atoms with van der Waals surface area (Å²) >= 11 is 0. The standard InChI is InChI=1S/C25H25F3N4O2S/c1-2-16-32-17-7-3-4-9-18-10-5-6-11-19(18)24-20(25(26,27)28)14-15-21(29-24)31-35(33,34)23-13-8-12-22(32)30-23/h4-6,8-15H,2-3,7,16-17H2,1H3,(H,29,31)/b9-4+. The number of fused-ring (bicyclic) bond motifs is 6. The van der Waals surface area contributed by atoms with Crippen LogP contribution in [0.1, 0.15) is 37.3 Å². The first-order valence-corrected chi connectivity index (χ1v) is 12.8. The van der Waals surface area contributed by atoms with Gasteiger partial charge in [-0.15, -0.1) is 0 Å². The zero-order valence-electron chi connectivity index (χ0n) is 19.1. The third-order valence-corrected chi connectivity index (χ3v) is 6.81. The Bertz CT molecular complexity index is 1340. The van der Waals surface area contributed by atoms with E-state index in [4.69, 9.17) is 0 Å². The molecule has 0 amide bonds. The van der Waals surface area contributed by atoms with Gasteiger partial charge in [0, 0.05) is 18.7 Å². The van der Waals surface area contributed by atoms with Crippen LogP contribution >= 0.6 is 0 Å². The van der Waals surface area contributed by atoms with Crippen molar-refractivity contribution in [2.75, 3.05) is 22.7 Å². The molecule has 4 rings (SSSR count). The molecule has 0 radical (unpaired) electrons. The Labute approximate surface area is 202 Å². The van der Waals surface area contributed by atoms with Crippen LogP contribution in [0.4, 0.5) is 24.8 Å². The van der Waals surface area contributed by atoms with Crippen LogP contribution in [0.3, 0.4) is 0 Å². The van der Waals surface area contributed by atoms with E-state index in [2.05, 4.69) is 14.7 Å². The number of benzene rings is 1. The van der Waals surface area contributed by atoms with Gasteiger partial charge in [-0.05, 0) is 49.1 Å². The van der Waals surface area contributed by atoms with Gasteiger partial charge in [-0.3, -0.25) is 4.72 Å². The van der Waals surface area contributed by atoms with Gasteiger partial charge in [0.15, 0.2) is 5.03 Å². The topological polar surface area (TPSA) is 75.2 Å². The number of nitrogens with zero attached hydrogens (tertiary/aromatic N) is 3. The third-order valence-electron chi connectivity index (χ3n) is 5.55. The molecule has 1 aromatic carbocycles. The minimum absolute atomic E-state index is 0.225. The summed E-state index contributed by atoms with van der Waals surface area (Å²) in [7, 11) is -4.19. The molecule has 3 aromatic rings. The van der Waals surface area contributed by atoms with Gasteiger partial charge >= 0.3 is 6.18 Å². The molecule has 4 bridgehead atoms. The van der Waals surface area contributed by atoms with E-state index in [9.17, 15) is 21.6 Å². The summed E-state index contributed by atoms with van der Waals surface area (Å²) in [6.07, 6.45) is 1.35. The maximum absolute atomic E-state index is 13.8. The number of pyridine rings is 2. The predicted octanol–water partition coefficient (Wildman–Crippen LogP) is 5.99. The highest BCUT2D eigenvalue weighted by Gasteiger charge is 2.35. The van der Waals surface area contributed by atoms with E-state index >= 15 is 0 Å². The Balaban J connectivity index is 1.89. The molecule has 0 fully saturated rings. The molecule has 6 nitrogen and oxygen atoms in total. The van der Waals surface area contributed by atoms with E-state index in [-0.39, 0.29) is 22.1 Å². The third kappa shape index (κ3) is 5.64. The van der Waals surface area contributed by atoms with Crippen molar-refractivity contribution in [3.63, 3.8) is 0 Å². The molecule has 0 spiro atoms. The highest BCUT2D eigenvalue weighted by atomic mass is 32.2. The molecular weight excluding hydrogens is 477 g/mol. The molecule has 184 valence electrons. The first-order valence-electron chi connectivity index (χ1n) is 11.3. The van der Waals surface area contributed by atoms with Crippen LogP contribution in [0.15, 0.2) is 65.7 Å². The fourth-order valence-corrected chi connectivity index (χ4v) is 4.91. The molecule has 0 aliphatic carbocycles. The van der Waals surface area contributed by atoms with Crippen molar-refractivity contribution in [1.82, 2.24) is 9.97 Å². The maximum atomic E-state index is 13.8. The maximum Gasteiger partial charge on any atom is 0.418 e. The van der Waals surface area contributed by atoms with Gasteiger partial charge in [-0.1, -0.05) is 49.4 Å². The van der Waals surface area contributed by atoms with Crippen LogP contribution in [-0.2, 0) is 16.2 Å².